The van der Waals surface area contributed by atoms with Gasteiger partial charge < -0.3 is 15.7 Å². The van der Waals surface area contributed by atoms with Crippen LogP contribution in [0.1, 0.15) is 23.1 Å². The van der Waals surface area contributed by atoms with E-state index in [0.717, 1.165) is 4.90 Å². The highest BCUT2D eigenvalue weighted by Crippen LogP contribution is 2.07. The first-order chi connectivity index (χ1) is 8.85. The fraction of sp³-hybridized carbons (Fsp3) is 0.455. The Kier molecular flexibility index (Phi) is 4.62. The van der Waals surface area contributed by atoms with E-state index in [2.05, 4.69) is 5.10 Å². The standard InChI is InChI=1S/C11H16N4O4/c1-3-7-4-8(14(2)13-7)11(19)15(5-9(12)16)6-10(17)18/h4H,3,5-6H2,1-2H3,(H2,12,16)(H,17,18). The molecule has 0 aliphatic carbocycles. The summed E-state index contributed by atoms with van der Waals surface area (Å²) >= 11 is 0. The number of aliphatic carboxylic acids is 1. The van der Waals surface area contributed by atoms with Crippen LogP contribution in [0.3, 0.4) is 0 Å². The van der Waals surface area contributed by atoms with Crippen molar-refractivity contribution < 1.29 is 19.5 Å². The number of carbonyl (C=O) groups is 3. The number of nitrogens with two attached hydrogens (primary N) is 1. The van der Waals surface area contributed by atoms with Gasteiger partial charge in [0.2, 0.25) is 5.91 Å². The molecule has 19 heavy (non-hydrogen) atoms. The number of carbonyl (C=O) groups excluding carboxylic acids is 2. The van der Waals surface area contributed by atoms with Crippen LogP contribution in [-0.2, 0) is 23.1 Å². The van der Waals surface area contributed by atoms with E-state index in [-0.39, 0.29) is 5.69 Å². The minimum Gasteiger partial charge on any atom is -0.480 e. The van der Waals surface area contributed by atoms with Crippen molar-refractivity contribution in [2.75, 3.05) is 13.1 Å². The van der Waals surface area contributed by atoms with Gasteiger partial charge >= 0.3 is 5.97 Å². The second kappa shape index (κ2) is 5.98. The minimum atomic E-state index is -1.22. The lowest BCUT2D eigenvalue weighted by molar-refractivity contribution is -0.138. The first kappa shape index (κ1) is 14.7. The highest BCUT2D eigenvalue weighted by molar-refractivity contribution is 5.96. The quantitative estimate of drug-likeness (QED) is 0.685. The number of aromatic nitrogens is 2. The van der Waals surface area contributed by atoms with Gasteiger partial charge in [0.25, 0.3) is 5.91 Å². The number of amides is 2. The van der Waals surface area contributed by atoms with Gasteiger partial charge in [0.05, 0.1) is 5.69 Å². The number of hydrogen-bond donors (Lipinski definition) is 2. The maximum absolute atomic E-state index is 12.2. The zero-order chi connectivity index (χ0) is 14.6. The zero-order valence-electron chi connectivity index (χ0n) is 10.8. The molecule has 0 saturated heterocycles. The van der Waals surface area contributed by atoms with E-state index in [1.54, 1.807) is 13.1 Å². The van der Waals surface area contributed by atoms with E-state index in [1.165, 1.54) is 4.68 Å². The van der Waals surface area contributed by atoms with Gasteiger partial charge in [-0.3, -0.25) is 19.1 Å². The van der Waals surface area contributed by atoms with Gasteiger partial charge in [-0.1, -0.05) is 6.92 Å². The molecule has 0 aromatic carbocycles. The first-order valence-electron chi connectivity index (χ1n) is 5.67. The van der Waals surface area contributed by atoms with Crippen LogP contribution in [0, 0.1) is 0 Å². The monoisotopic (exact) mass is 268 g/mol. The van der Waals surface area contributed by atoms with Gasteiger partial charge in [-0.2, -0.15) is 5.10 Å². The lowest BCUT2D eigenvalue weighted by Crippen LogP contribution is -2.42. The van der Waals surface area contributed by atoms with Crippen molar-refractivity contribution in [3.63, 3.8) is 0 Å². The topological polar surface area (TPSA) is 119 Å². The Morgan fingerprint density at radius 2 is 2.05 bits per heavy atom. The molecule has 0 bridgehead atoms. The molecule has 0 unspecified atom stereocenters. The van der Waals surface area contributed by atoms with Crippen molar-refractivity contribution in [2.24, 2.45) is 12.8 Å². The van der Waals surface area contributed by atoms with Gasteiger partial charge in [0.1, 0.15) is 18.8 Å². The molecule has 0 radical (unpaired) electrons. The molecule has 0 aliphatic rings. The molecule has 1 heterocycles. The highest BCUT2D eigenvalue weighted by Gasteiger charge is 2.23. The van der Waals surface area contributed by atoms with Crippen molar-refractivity contribution in [2.45, 2.75) is 13.3 Å². The molecular weight excluding hydrogens is 252 g/mol. The van der Waals surface area contributed by atoms with Crippen molar-refractivity contribution >= 4 is 17.8 Å². The number of primary amides is 1. The molecule has 0 spiro atoms. The fourth-order valence-electron chi connectivity index (χ4n) is 1.61. The van der Waals surface area contributed by atoms with Crippen LogP contribution in [0.25, 0.3) is 0 Å². The number of carboxylic acid groups (broad SMARTS) is 1. The van der Waals surface area contributed by atoms with Gasteiger partial charge in [0.15, 0.2) is 0 Å². The van der Waals surface area contributed by atoms with E-state index < -0.39 is 30.9 Å². The van der Waals surface area contributed by atoms with Crippen molar-refractivity contribution in [3.05, 3.63) is 17.5 Å². The predicted octanol–water partition coefficient (Wildman–Crippen LogP) is -1.01. The number of aryl methyl sites for hydroxylation is 2. The SMILES string of the molecule is CCc1cc(C(=O)N(CC(N)=O)CC(=O)O)n(C)n1. The van der Waals surface area contributed by atoms with Crippen LogP contribution in [0.15, 0.2) is 6.07 Å². The molecule has 3 N–H and O–H groups in total. The first-order valence-corrected chi connectivity index (χ1v) is 5.67. The third-order valence-electron chi connectivity index (χ3n) is 2.47. The van der Waals surface area contributed by atoms with Crippen LogP contribution < -0.4 is 5.73 Å². The van der Waals surface area contributed by atoms with E-state index in [4.69, 9.17) is 10.8 Å². The molecule has 0 saturated carbocycles. The summed E-state index contributed by atoms with van der Waals surface area (Å²) in [5.74, 6) is -2.57. The Morgan fingerprint density at radius 3 is 2.47 bits per heavy atom. The predicted molar refractivity (Wildman–Crippen MR) is 65.3 cm³/mol. The summed E-state index contributed by atoms with van der Waals surface area (Å²) in [6.45, 7) is 0.848. The molecule has 8 heteroatoms. The second-order valence-electron chi connectivity index (χ2n) is 4.02. The van der Waals surface area contributed by atoms with Crippen LogP contribution in [0.2, 0.25) is 0 Å². The average Bonchev–Trinajstić information content (AvgIpc) is 2.67. The number of rotatable bonds is 6. The van der Waals surface area contributed by atoms with Crippen LogP contribution in [-0.4, -0.2) is 50.7 Å². The average molecular weight is 268 g/mol. The normalized spacial score (nSPS) is 10.2. The Hall–Kier alpha value is -2.38. The van der Waals surface area contributed by atoms with E-state index in [1.807, 2.05) is 6.92 Å². The van der Waals surface area contributed by atoms with Crippen molar-refractivity contribution in [1.29, 1.82) is 0 Å². The largest absolute Gasteiger partial charge is 0.480 e. The molecule has 104 valence electrons. The Bertz CT molecular complexity index is 493. The Labute approximate surface area is 109 Å². The molecule has 0 fully saturated rings. The lowest BCUT2D eigenvalue weighted by atomic mass is 10.2. The van der Waals surface area contributed by atoms with Crippen LogP contribution in [0.4, 0.5) is 0 Å². The van der Waals surface area contributed by atoms with Crippen LogP contribution in [0.5, 0.6) is 0 Å². The number of carboxylic acids is 1. The third kappa shape index (κ3) is 3.80. The van der Waals surface area contributed by atoms with Gasteiger partial charge in [-0.25, -0.2) is 0 Å². The van der Waals surface area contributed by atoms with Gasteiger partial charge in [-0.15, -0.1) is 0 Å². The molecule has 8 nitrogen and oxygen atoms in total. The van der Waals surface area contributed by atoms with Crippen molar-refractivity contribution in [3.8, 4) is 0 Å². The summed E-state index contributed by atoms with van der Waals surface area (Å²) in [4.78, 5) is 34.6. The number of hydrogen-bond acceptors (Lipinski definition) is 4. The third-order valence-corrected chi connectivity index (χ3v) is 2.47. The summed E-state index contributed by atoms with van der Waals surface area (Å²) in [5.41, 5.74) is 5.94. The smallest absolute Gasteiger partial charge is 0.323 e. The molecule has 1 aromatic rings. The summed E-state index contributed by atoms with van der Waals surface area (Å²) < 4.78 is 1.36. The Balaban J connectivity index is 3.00. The Morgan fingerprint density at radius 1 is 1.42 bits per heavy atom. The fourth-order valence-corrected chi connectivity index (χ4v) is 1.61. The molecule has 1 aromatic heterocycles. The number of nitrogens with zero attached hydrogens (tertiary/aromatic N) is 3. The lowest BCUT2D eigenvalue weighted by Gasteiger charge is -2.18. The highest BCUT2D eigenvalue weighted by atomic mass is 16.4. The molecule has 1 rings (SSSR count). The molecule has 0 atom stereocenters. The molecule has 0 aliphatic heterocycles. The minimum absolute atomic E-state index is 0.222. The summed E-state index contributed by atoms with van der Waals surface area (Å²) in [5, 5.41) is 12.8. The van der Waals surface area contributed by atoms with E-state index in [9.17, 15) is 14.4 Å². The van der Waals surface area contributed by atoms with Gasteiger partial charge in [-0.05, 0) is 12.5 Å². The zero-order valence-corrected chi connectivity index (χ0v) is 10.8. The maximum Gasteiger partial charge on any atom is 0.323 e. The van der Waals surface area contributed by atoms with E-state index >= 15 is 0 Å². The molecule has 2 amide bonds. The van der Waals surface area contributed by atoms with Crippen molar-refractivity contribution in [1.82, 2.24) is 14.7 Å². The summed E-state index contributed by atoms with van der Waals surface area (Å²) in [6.07, 6.45) is 0.649. The van der Waals surface area contributed by atoms with Gasteiger partial charge in [0, 0.05) is 7.05 Å². The summed E-state index contributed by atoms with van der Waals surface area (Å²) in [6, 6.07) is 1.57. The maximum atomic E-state index is 12.2. The van der Waals surface area contributed by atoms with Crippen LogP contribution >= 0.6 is 0 Å². The molecular formula is C11H16N4O4. The second-order valence-corrected chi connectivity index (χ2v) is 4.02. The van der Waals surface area contributed by atoms with E-state index in [0.29, 0.717) is 12.1 Å². The summed E-state index contributed by atoms with van der Waals surface area (Å²) in [7, 11) is 1.58.